The number of alkyl carbamates (subject to hydrolysis) is 1. The zero-order chi connectivity index (χ0) is 32.9. The Balaban J connectivity index is 1.62. The molecular formula is C34H49BN2O7. The van der Waals surface area contributed by atoms with Crippen LogP contribution < -0.4 is 16.1 Å². The molecule has 0 saturated carbocycles. The molecule has 1 heterocycles. The quantitative estimate of drug-likeness (QED) is 0.268. The van der Waals surface area contributed by atoms with Gasteiger partial charge < -0.3 is 29.4 Å². The molecule has 240 valence electrons. The van der Waals surface area contributed by atoms with Crippen LogP contribution in [0.4, 0.5) is 4.79 Å². The van der Waals surface area contributed by atoms with Crippen LogP contribution in [0.5, 0.6) is 0 Å². The van der Waals surface area contributed by atoms with Crippen LogP contribution >= 0.6 is 0 Å². The molecule has 0 unspecified atom stereocenters. The summed E-state index contributed by atoms with van der Waals surface area (Å²) in [5.41, 5.74) is 1.84. The molecule has 0 radical (unpaired) electrons. The van der Waals surface area contributed by atoms with Crippen molar-refractivity contribution in [2.45, 2.75) is 104 Å². The maximum Gasteiger partial charge on any atom is 0.494 e. The van der Waals surface area contributed by atoms with Gasteiger partial charge in [0.1, 0.15) is 11.6 Å². The fourth-order valence-corrected chi connectivity index (χ4v) is 4.84. The lowest BCUT2D eigenvalue weighted by atomic mass is 9.77. The topological polar surface area (TPSA) is 112 Å². The third-order valence-corrected chi connectivity index (χ3v) is 8.10. The Morgan fingerprint density at radius 3 is 1.98 bits per heavy atom. The number of amides is 2. The van der Waals surface area contributed by atoms with Crippen molar-refractivity contribution in [2.75, 3.05) is 13.2 Å². The minimum Gasteiger partial charge on any atom is -0.464 e. The summed E-state index contributed by atoms with van der Waals surface area (Å²) in [6, 6.07) is 14.3. The molecule has 2 N–H and O–H groups in total. The summed E-state index contributed by atoms with van der Waals surface area (Å²) in [5, 5.41) is 5.68. The average Bonchev–Trinajstić information content (AvgIpc) is 3.14. The highest BCUT2D eigenvalue weighted by Crippen LogP contribution is 2.36. The minimum atomic E-state index is -0.924. The maximum atomic E-state index is 13.1. The van der Waals surface area contributed by atoms with Gasteiger partial charge in [-0.15, -0.1) is 0 Å². The van der Waals surface area contributed by atoms with Gasteiger partial charge in [0.2, 0.25) is 0 Å². The van der Waals surface area contributed by atoms with Gasteiger partial charge in [0, 0.05) is 24.4 Å². The molecule has 1 aliphatic heterocycles. The van der Waals surface area contributed by atoms with E-state index in [0.29, 0.717) is 12.1 Å². The average molecular weight is 609 g/mol. The number of carbonyl (C=O) groups excluding carboxylic acids is 3. The molecule has 0 aliphatic carbocycles. The van der Waals surface area contributed by atoms with Crippen molar-refractivity contribution < 1.29 is 33.2 Å². The highest BCUT2D eigenvalue weighted by Gasteiger charge is 2.51. The Labute approximate surface area is 262 Å². The third kappa shape index (κ3) is 9.32. The highest BCUT2D eigenvalue weighted by atomic mass is 16.7. The first-order valence-electron chi connectivity index (χ1n) is 15.4. The SMILES string of the molecule is CCOC(=O)[C@H](Cc1ccc(C(=O)NC[C@@H](c2ccc(B3OC(C)(C)C(C)(C)O3)cc2)C(C)C)cc1)NC(=O)OC(C)(C)C. The fourth-order valence-electron chi connectivity index (χ4n) is 4.84. The van der Waals surface area contributed by atoms with E-state index in [1.54, 1.807) is 52.0 Å². The largest absolute Gasteiger partial charge is 0.494 e. The molecule has 9 nitrogen and oxygen atoms in total. The Kier molecular flexibility index (Phi) is 11.3. The van der Waals surface area contributed by atoms with E-state index >= 15 is 0 Å². The maximum absolute atomic E-state index is 13.1. The van der Waals surface area contributed by atoms with Crippen LogP contribution in [0.25, 0.3) is 0 Å². The molecule has 1 saturated heterocycles. The number of rotatable bonds is 11. The summed E-state index contributed by atoms with van der Waals surface area (Å²) in [7, 11) is -0.421. The molecule has 2 aromatic rings. The van der Waals surface area contributed by atoms with Gasteiger partial charge in [0.15, 0.2) is 0 Å². The molecule has 1 fully saturated rings. The third-order valence-electron chi connectivity index (χ3n) is 8.10. The van der Waals surface area contributed by atoms with Crippen molar-refractivity contribution in [1.29, 1.82) is 0 Å². The number of hydrogen-bond donors (Lipinski definition) is 2. The summed E-state index contributed by atoms with van der Waals surface area (Å²) in [5.74, 6) is -0.346. The van der Waals surface area contributed by atoms with Gasteiger partial charge in [-0.05, 0) is 90.0 Å². The minimum absolute atomic E-state index is 0.106. The Bertz CT molecular complexity index is 1270. The summed E-state index contributed by atoms with van der Waals surface area (Å²) in [6.45, 7) is 20.0. The molecule has 3 rings (SSSR count). The van der Waals surface area contributed by atoms with E-state index in [2.05, 4.69) is 36.6 Å². The molecular weight excluding hydrogens is 559 g/mol. The number of nitrogens with one attached hydrogen (secondary N) is 2. The molecule has 1 aliphatic rings. The normalized spacial score (nSPS) is 17.1. The molecule has 10 heteroatoms. The molecule has 2 aromatic carbocycles. The van der Waals surface area contributed by atoms with Gasteiger partial charge in [-0.1, -0.05) is 50.2 Å². The van der Waals surface area contributed by atoms with E-state index in [0.717, 1.165) is 16.6 Å². The van der Waals surface area contributed by atoms with E-state index in [1.807, 2.05) is 39.8 Å². The zero-order valence-electron chi connectivity index (χ0n) is 27.9. The molecule has 2 amide bonds. The van der Waals surface area contributed by atoms with Crippen LogP contribution in [-0.4, -0.2) is 61.1 Å². The Hall–Kier alpha value is -3.37. The summed E-state index contributed by atoms with van der Waals surface area (Å²) in [4.78, 5) is 37.9. The lowest BCUT2D eigenvalue weighted by molar-refractivity contribution is -0.145. The molecule has 44 heavy (non-hydrogen) atoms. The van der Waals surface area contributed by atoms with Crippen molar-refractivity contribution in [1.82, 2.24) is 10.6 Å². The van der Waals surface area contributed by atoms with Gasteiger partial charge in [0.05, 0.1) is 17.8 Å². The first-order valence-corrected chi connectivity index (χ1v) is 15.4. The molecule has 2 atom stereocenters. The van der Waals surface area contributed by atoms with Crippen LogP contribution in [-0.2, 0) is 30.0 Å². The fraction of sp³-hybridized carbons (Fsp3) is 0.559. The smallest absolute Gasteiger partial charge is 0.464 e. The van der Waals surface area contributed by atoms with Crippen LogP contribution in [0, 0.1) is 5.92 Å². The van der Waals surface area contributed by atoms with E-state index in [-0.39, 0.29) is 30.8 Å². The zero-order valence-corrected chi connectivity index (χ0v) is 27.9. The molecule has 0 spiro atoms. The van der Waals surface area contributed by atoms with Gasteiger partial charge in [-0.2, -0.15) is 0 Å². The predicted octanol–water partition coefficient (Wildman–Crippen LogP) is 5.15. The predicted molar refractivity (Wildman–Crippen MR) is 172 cm³/mol. The van der Waals surface area contributed by atoms with Crippen LogP contribution in [0.2, 0.25) is 0 Å². The van der Waals surface area contributed by atoms with Crippen molar-refractivity contribution in [3.63, 3.8) is 0 Å². The second kappa shape index (κ2) is 14.2. The van der Waals surface area contributed by atoms with Gasteiger partial charge in [-0.25, -0.2) is 9.59 Å². The van der Waals surface area contributed by atoms with Crippen LogP contribution in [0.1, 0.15) is 96.6 Å². The van der Waals surface area contributed by atoms with E-state index in [9.17, 15) is 14.4 Å². The van der Waals surface area contributed by atoms with Gasteiger partial charge >= 0.3 is 19.2 Å². The monoisotopic (exact) mass is 608 g/mol. The van der Waals surface area contributed by atoms with Crippen molar-refractivity contribution >= 4 is 30.6 Å². The van der Waals surface area contributed by atoms with E-state index in [4.69, 9.17) is 18.8 Å². The van der Waals surface area contributed by atoms with Crippen molar-refractivity contribution in [3.05, 3.63) is 65.2 Å². The van der Waals surface area contributed by atoms with Crippen LogP contribution in [0.15, 0.2) is 48.5 Å². The summed E-state index contributed by atoms with van der Waals surface area (Å²) in [6.07, 6.45) is -0.508. The standard InChI is InChI=1S/C34H49BN2O7/c1-11-41-30(39)28(37-31(40)42-32(4,5)6)20-23-12-14-25(15-13-23)29(38)36-21-27(22(2)3)24-16-18-26(19-17-24)35-43-33(7,8)34(9,10)44-35/h12-19,22,27-28H,11,20-21H2,1-10H3,(H,36,38)(H,37,40)/t27-,28+/m1/s1. The molecule has 0 aromatic heterocycles. The summed E-state index contributed by atoms with van der Waals surface area (Å²) >= 11 is 0. The van der Waals surface area contributed by atoms with Gasteiger partial charge in [-0.3, -0.25) is 4.79 Å². The number of carbonyl (C=O) groups is 3. The summed E-state index contributed by atoms with van der Waals surface area (Å²) < 4.78 is 22.8. The number of esters is 1. The van der Waals surface area contributed by atoms with Gasteiger partial charge in [0.25, 0.3) is 5.91 Å². The molecule has 0 bridgehead atoms. The second-order valence-electron chi connectivity index (χ2n) is 13.7. The van der Waals surface area contributed by atoms with E-state index in [1.165, 1.54) is 0 Å². The van der Waals surface area contributed by atoms with Crippen molar-refractivity contribution in [2.24, 2.45) is 5.92 Å². The second-order valence-corrected chi connectivity index (χ2v) is 13.7. The number of ether oxygens (including phenoxy) is 2. The Morgan fingerprint density at radius 1 is 0.909 bits per heavy atom. The number of benzene rings is 2. The Morgan fingerprint density at radius 2 is 1.48 bits per heavy atom. The first-order chi connectivity index (χ1) is 20.4. The lowest BCUT2D eigenvalue weighted by Crippen LogP contribution is -2.45. The van der Waals surface area contributed by atoms with Crippen molar-refractivity contribution in [3.8, 4) is 0 Å². The van der Waals surface area contributed by atoms with E-state index < -0.39 is 42.0 Å². The number of hydrogen-bond acceptors (Lipinski definition) is 7. The highest BCUT2D eigenvalue weighted by molar-refractivity contribution is 6.62. The first kappa shape index (κ1) is 35.1. The lowest BCUT2D eigenvalue weighted by Gasteiger charge is -2.32. The van der Waals surface area contributed by atoms with Crippen LogP contribution in [0.3, 0.4) is 0 Å².